The van der Waals surface area contributed by atoms with Crippen LogP contribution >= 0.6 is 0 Å². The first-order valence-corrected chi connectivity index (χ1v) is 11.0. The molecule has 2 aliphatic heterocycles. The third-order valence-electron chi connectivity index (χ3n) is 6.59. The molecule has 0 spiro atoms. The van der Waals surface area contributed by atoms with E-state index in [4.69, 9.17) is 4.98 Å². The van der Waals surface area contributed by atoms with E-state index in [9.17, 15) is 18.4 Å². The highest BCUT2D eigenvalue weighted by molar-refractivity contribution is 5.73. The molecule has 1 fully saturated rings. The van der Waals surface area contributed by atoms with Gasteiger partial charge in [0.1, 0.15) is 11.6 Å². The van der Waals surface area contributed by atoms with Crippen LogP contribution in [0, 0.1) is 11.6 Å². The Hall–Kier alpha value is -3.07. The summed E-state index contributed by atoms with van der Waals surface area (Å²) in [5, 5.41) is 3.21. The lowest BCUT2D eigenvalue weighted by Crippen LogP contribution is -2.39. The highest BCUT2D eigenvalue weighted by Gasteiger charge is 2.28. The van der Waals surface area contributed by atoms with E-state index < -0.39 is 11.6 Å². The summed E-state index contributed by atoms with van der Waals surface area (Å²) >= 11 is 0. The molecule has 1 atom stereocenters. The molecule has 5 rings (SSSR count). The van der Waals surface area contributed by atoms with Crippen molar-refractivity contribution in [2.75, 3.05) is 13.1 Å². The van der Waals surface area contributed by atoms with Crippen LogP contribution in [0.4, 0.5) is 8.78 Å². The normalized spacial score (nSPS) is 19.3. The molecule has 7 nitrogen and oxygen atoms in total. The molecule has 4 heterocycles. The first-order chi connectivity index (χ1) is 15.4. The number of rotatable bonds is 3. The van der Waals surface area contributed by atoms with E-state index in [1.54, 1.807) is 4.90 Å². The van der Waals surface area contributed by atoms with Gasteiger partial charge < -0.3 is 4.90 Å². The number of likely N-dealkylation sites (tertiary alicyclic amines) is 1. The summed E-state index contributed by atoms with van der Waals surface area (Å²) in [6, 6.07) is 5.54. The Labute approximate surface area is 183 Å². The van der Waals surface area contributed by atoms with Gasteiger partial charge in [0.15, 0.2) is 5.65 Å². The Morgan fingerprint density at radius 2 is 2.06 bits per heavy atom. The lowest BCUT2D eigenvalue weighted by Gasteiger charge is -2.35. The Morgan fingerprint density at radius 1 is 1.22 bits per heavy atom. The van der Waals surface area contributed by atoms with E-state index >= 15 is 0 Å². The maximum Gasteiger partial charge on any atom is 0.277 e. The average Bonchev–Trinajstić information content (AvgIpc) is 3.20. The fraction of sp³-hybridized carbons (Fsp3) is 0.435. The highest BCUT2D eigenvalue weighted by Crippen LogP contribution is 2.32. The summed E-state index contributed by atoms with van der Waals surface area (Å²) in [6.45, 7) is 3.47. The molecule has 0 bridgehead atoms. The summed E-state index contributed by atoms with van der Waals surface area (Å²) in [4.78, 5) is 33.4. The van der Waals surface area contributed by atoms with E-state index in [0.717, 1.165) is 43.3 Å². The lowest BCUT2D eigenvalue weighted by atomic mass is 9.98. The standard InChI is InChI=1S/C23H25F2N5O2/c1-14(31)28-9-7-19-17(13-28)23(32)30-22(26-19)11-20(27-30)21-4-2-3-8-29(21)12-15-5-6-16(24)10-18(15)25/h5-6,10-11,21,27H,2-4,7-9,12-13H2,1H3. The van der Waals surface area contributed by atoms with Crippen molar-refractivity contribution >= 4 is 11.6 Å². The van der Waals surface area contributed by atoms with Gasteiger partial charge in [0.25, 0.3) is 5.56 Å². The molecule has 1 saturated heterocycles. The number of piperidine rings is 1. The minimum absolute atomic E-state index is 0.0277. The van der Waals surface area contributed by atoms with Gasteiger partial charge in [-0.3, -0.25) is 19.6 Å². The Balaban J connectivity index is 1.48. The van der Waals surface area contributed by atoms with Crippen LogP contribution in [0.3, 0.4) is 0 Å². The number of aromatic amines is 1. The van der Waals surface area contributed by atoms with Crippen molar-refractivity contribution in [3.63, 3.8) is 0 Å². The molecular formula is C23H25F2N5O2. The largest absolute Gasteiger partial charge is 0.338 e. The number of H-pyrrole nitrogens is 1. The maximum absolute atomic E-state index is 14.3. The van der Waals surface area contributed by atoms with Crippen molar-refractivity contribution in [1.82, 2.24) is 24.4 Å². The highest BCUT2D eigenvalue weighted by atomic mass is 19.1. The first-order valence-electron chi connectivity index (χ1n) is 11.0. The topological polar surface area (TPSA) is 73.7 Å². The monoisotopic (exact) mass is 441 g/mol. The molecule has 2 aromatic heterocycles. The molecule has 1 aromatic carbocycles. The number of carbonyl (C=O) groups excluding carboxylic acids is 1. The van der Waals surface area contributed by atoms with Gasteiger partial charge in [0.05, 0.1) is 29.5 Å². The molecule has 32 heavy (non-hydrogen) atoms. The number of benzene rings is 1. The summed E-state index contributed by atoms with van der Waals surface area (Å²) in [7, 11) is 0. The van der Waals surface area contributed by atoms with Crippen molar-refractivity contribution in [2.24, 2.45) is 0 Å². The smallest absolute Gasteiger partial charge is 0.277 e. The number of nitrogens with zero attached hydrogens (tertiary/aromatic N) is 4. The molecule has 1 amide bonds. The zero-order valence-electron chi connectivity index (χ0n) is 17.9. The lowest BCUT2D eigenvalue weighted by molar-refractivity contribution is -0.129. The van der Waals surface area contributed by atoms with Gasteiger partial charge in [-0.25, -0.2) is 18.3 Å². The van der Waals surface area contributed by atoms with Gasteiger partial charge >= 0.3 is 0 Å². The second-order valence-electron chi connectivity index (χ2n) is 8.66. The zero-order valence-corrected chi connectivity index (χ0v) is 17.9. The van der Waals surface area contributed by atoms with Gasteiger partial charge in [-0.1, -0.05) is 12.5 Å². The van der Waals surface area contributed by atoms with Crippen molar-refractivity contribution in [3.05, 3.63) is 68.8 Å². The summed E-state index contributed by atoms with van der Waals surface area (Å²) in [5.41, 5.74) is 2.96. The number of hydrogen-bond acceptors (Lipinski definition) is 4. The van der Waals surface area contributed by atoms with Crippen LogP contribution in [0.15, 0.2) is 29.1 Å². The second kappa shape index (κ2) is 8.12. The van der Waals surface area contributed by atoms with Crippen molar-refractivity contribution in [2.45, 2.75) is 51.7 Å². The van der Waals surface area contributed by atoms with Gasteiger partial charge in [-0.2, -0.15) is 0 Å². The van der Waals surface area contributed by atoms with Crippen LogP contribution < -0.4 is 5.56 Å². The molecule has 0 saturated carbocycles. The molecule has 1 unspecified atom stereocenters. The second-order valence-corrected chi connectivity index (χ2v) is 8.66. The molecule has 9 heteroatoms. The average molecular weight is 441 g/mol. The Morgan fingerprint density at radius 3 is 2.84 bits per heavy atom. The molecule has 0 radical (unpaired) electrons. The molecule has 2 aliphatic rings. The van der Waals surface area contributed by atoms with Gasteiger partial charge in [0.2, 0.25) is 5.91 Å². The molecule has 168 valence electrons. The predicted molar refractivity (Wildman–Crippen MR) is 114 cm³/mol. The molecular weight excluding hydrogens is 416 g/mol. The minimum Gasteiger partial charge on any atom is -0.338 e. The van der Waals surface area contributed by atoms with Crippen LogP contribution in [0.25, 0.3) is 5.65 Å². The van der Waals surface area contributed by atoms with Crippen LogP contribution in [0.1, 0.15) is 54.7 Å². The van der Waals surface area contributed by atoms with Crippen molar-refractivity contribution < 1.29 is 13.6 Å². The number of halogens is 2. The summed E-state index contributed by atoms with van der Waals surface area (Å²) in [5.74, 6) is -1.19. The van der Waals surface area contributed by atoms with Crippen LogP contribution in [-0.2, 0) is 24.3 Å². The van der Waals surface area contributed by atoms with E-state index in [1.165, 1.54) is 23.6 Å². The van der Waals surface area contributed by atoms with E-state index in [-0.39, 0.29) is 24.1 Å². The Bertz CT molecular complexity index is 1250. The fourth-order valence-electron chi connectivity index (χ4n) is 4.84. The van der Waals surface area contributed by atoms with Crippen molar-refractivity contribution in [3.8, 4) is 0 Å². The first kappa shape index (κ1) is 20.8. The van der Waals surface area contributed by atoms with Crippen LogP contribution in [0.5, 0.6) is 0 Å². The number of hydrogen-bond donors (Lipinski definition) is 1. The molecule has 0 aliphatic carbocycles. The Kier molecular flexibility index (Phi) is 5.28. The van der Waals surface area contributed by atoms with E-state index in [0.29, 0.717) is 36.3 Å². The van der Waals surface area contributed by atoms with Crippen molar-refractivity contribution in [1.29, 1.82) is 0 Å². The van der Waals surface area contributed by atoms with E-state index in [2.05, 4.69) is 10.00 Å². The number of aromatic nitrogens is 3. The maximum atomic E-state index is 14.3. The number of carbonyl (C=O) groups is 1. The van der Waals surface area contributed by atoms with Crippen LogP contribution in [0.2, 0.25) is 0 Å². The van der Waals surface area contributed by atoms with Gasteiger partial charge in [-0.15, -0.1) is 0 Å². The third kappa shape index (κ3) is 3.70. The van der Waals surface area contributed by atoms with Crippen LogP contribution in [-0.4, -0.2) is 43.4 Å². The number of amides is 1. The fourth-order valence-corrected chi connectivity index (χ4v) is 4.84. The minimum atomic E-state index is -0.588. The molecule has 1 N–H and O–H groups in total. The number of fused-ring (bicyclic) bond motifs is 2. The SMILES string of the molecule is CC(=O)N1CCc2nc3cc(C4CCCCN4Cc4ccc(F)cc4F)[nH]n3c(=O)c2C1. The van der Waals surface area contributed by atoms with Gasteiger partial charge in [-0.05, 0) is 25.5 Å². The summed E-state index contributed by atoms with van der Waals surface area (Å²) < 4.78 is 29.0. The summed E-state index contributed by atoms with van der Waals surface area (Å²) in [6.07, 6.45) is 3.44. The zero-order chi connectivity index (χ0) is 22.4. The third-order valence-corrected chi connectivity index (χ3v) is 6.59. The predicted octanol–water partition coefficient (Wildman–Crippen LogP) is 2.93. The quantitative estimate of drug-likeness (QED) is 0.678. The molecule has 3 aromatic rings. The number of nitrogens with one attached hydrogen (secondary N) is 1. The van der Waals surface area contributed by atoms with E-state index in [1.807, 2.05) is 6.07 Å². The van der Waals surface area contributed by atoms with Gasteiger partial charge in [0, 0.05) is 44.1 Å².